The van der Waals surface area contributed by atoms with Gasteiger partial charge in [-0.05, 0) is 12.7 Å². The van der Waals surface area contributed by atoms with Crippen LogP contribution in [0.4, 0.5) is 0 Å². The molecule has 0 aromatic carbocycles. The van der Waals surface area contributed by atoms with Crippen molar-refractivity contribution in [2.45, 2.75) is 20.3 Å². The van der Waals surface area contributed by atoms with Crippen LogP contribution in [0.3, 0.4) is 0 Å². The highest BCUT2D eigenvalue weighted by Crippen LogP contribution is 2.57. The highest BCUT2D eigenvalue weighted by Gasteiger charge is 2.17. The van der Waals surface area contributed by atoms with Crippen molar-refractivity contribution in [1.82, 2.24) is 0 Å². The van der Waals surface area contributed by atoms with Crippen molar-refractivity contribution in [3.63, 3.8) is 0 Å². The smallest absolute Gasteiger partial charge is 0.257 e. The Bertz CT molecular complexity index is 119. The summed E-state index contributed by atoms with van der Waals surface area (Å²) in [5.41, 5.74) is 0. The normalized spacial score (nSPS) is 16.7. The fourth-order valence-corrected chi connectivity index (χ4v) is 2.82. The van der Waals surface area contributed by atoms with Gasteiger partial charge < -0.3 is 4.52 Å². The topological polar surface area (TPSA) is 26.3 Å². The first-order valence-electron chi connectivity index (χ1n) is 3.48. The van der Waals surface area contributed by atoms with E-state index in [1.165, 1.54) is 11.4 Å². The number of hydrogen-bond donors (Lipinski definition) is 0. The Morgan fingerprint density at radius 2 is 2.10 bits per heavy atom. The maximum Gasteiger partial charge on any atom is 0.257 e. The van der Waals surface area contributed by atoms with Crippen molar-refractivity contribution in [3.05, 3.63) is 0 Å². The quantitative estimate of drug-likeness (QED) is 0.611. The van der Waals surface area contributed by atoms with E-state index in [4.69, 9.17) is 4.52 Å². The molecular formula is C6H15O2PS. The van der Waals surface area contributed by atoms with Gasteiger partial charge in [0.05, 0.1) is 6.61 Å². The van der Waals surface area contributed by atoms with Crippen molar-refractivity contribution < 1.29 is 9.09 Å². The fourth-order valence-electron chi connectivity index (χ4n) is 0.503. The Morgan fingerprint density at radius 3 is 2.40 bits per heavy atom. The van der Waals surface area contributed by atoms with Gasteiger partial charge in [-0.15, -0.1) is 0 Å². The molecule has 0 radical (unpaired) electrons. The van der Waals surface area contributed by atoms with E-state index in [0.717, 1.165) is 6.42 Å². The van der Waals surface area contributed by atoms with Crippen molar-refractivity contribution in [3.8, 4) is 0 Å². The van der Waals surface area contributed by atoms with Gasteiger partial charge in [0.2, 0.25) is 0 Å². The maximum absolute atomic E-state index is 11.5. The highest BCUT2D eigenvalue weighted by atomic mass is 32.7. The van der Waals surface area contributed by atoms with Gasteiger partial charge in [-0.25, -0.2) is 0 Å². The van der Waals surface area contributed by atoms with Crippen LogP contribution >= 0.6 is 18.0 Å². The summed E-state index contributed by atoms with van der Waals surface area (Å²) in [4.78, 5) is 0. The molecule has 2 nitrogen and oxygen atoms in total. The average Bonchev–Trinajstić information content (AvgIpc) is 2.00. The second kappa shape index (κ2) is 5.22. The monoisotopic (exact) mass is 182 g/mol. The van der Waals surface area contributed by atoms with Crippen molar-refractivity contribution in [1.29, 1.82) is 0 Å². The average molecular weight is 182 g/mol. The Hall–Kier alpha value is 0.540. The van der Waals surface area contributed by atoms with Crippen molar-refractivity contribution in [2.75, 3.05) is 19.0 Å². The lowest BCUT2D eigenvalue weighted by atomic mass is 10.5. The molecule has 0 saturated heterocycles. The molecule has 0 saturated carbocycles. The van der Waals surface area contributed by atoms with Crippen LogP contribution in [0.5, 0.6) is 0 Å². The van der Waals surface area contributed by atoms with Crippen LogP contribution in [-0.2, 0) is 9.09 Å². The van der Waals surface area contributed by atoms with E-state index in [0.29, 0.717) is 12.8 Å². The van der Waals surface area contributed by atoms with Crippen LogP contribution in [0.1, 0.15) is 20.3 Å². The van der Waals surface area contributed by atoms with Crippen LogP contribution < -0.4 is 0 Å². The first-order chi connectivity index (χ1) is 4.68. The van der Waals surface area contributed by atoms with Gasteiger partial charge in [-0.3, -0.25) is 4.57 Å². The second-order valence-corrected chi connectivity index (χ2v) is 7.19. The third kappa shape index (κ3) is 3.65. The van der Waals surface area contributed by atoms with Gasteiger partial charge in [0.15, 0.2) is 0 Å². The molecule has 0 rings (SSSR count). The van der Waals surface area contributed by atoms with Gasteiger partial charge in [0.1, 0.15) is 0 Å². The summed E-state index contributed by atoms with van der Waals surface area (Å²) in [5, 5.41) is 0. The Kier molecular flexibility index (Phi) is 5.51. The summed E-state index contributed by atoms with van der Waals surface area (Å²) in [6.07, 6.45) is 3.40. The summed E-state index contributed by atoms with van der Waals surface area (Å²) in [5.74, 6) is 0. The summed E-state index contributed by atoms with van der Waals surface area (Å²) >= 11 is 1.35. The van der Waals surface area contributed by atoms with E-state index in [1.807, 2.05) is 20.1 Å². The van der Waals surface area contributed by atoms with E-state index in [2.05, 4.69) is 0 Å². The van der Waals surface area contributed by atoms with E-state index < -0.39 is 6.57 Å². The SMILES string of the molecule is CCCOP(=O)(CC)SC. The predicted octanol–water partition coefficient (Wildman–Crippen LogP) is 2.99. The van der Waals surface area contributed by atoms with E-state index in [9.17, 15) is 4.57 Å². The molecule has 0 bridgehead atoms. The molecule has 0 aromatic heterocycles. The van der Waals surface area contributed by atoms with Crippen LogP contribution in [0, 0.1) is 0 Å². The van der Waals surface area contributed by atoms with Gasteiger partial charge in [-0.2, -0.15) is 0 Å². The lowest BCUT2D eigenvalue weighted by molar-refractivity contribution is 0.325. The zero-order valence-electron chi connectivity index (χ0n) is 6.79. The zero-order chi connectivity index (χ0) is 8.04. The third-order valence-electron chi connectivity index (χ3n) is 1.16. The molecule has 4 heteroatoms. The summed E-state index contributed by atoms with van der Waals surface area (Å²) < 4.78 is 16.6. The molecule has 0 aromatic rings. The van der Waals surface area contributed by atoms with Crippen molar-refractivity contribution >= 4 is 18.0 Å². The summed E-state index contributed by atoms with van der Waals surface area (Å²) in [6, 6.07) is 0. The van der Waals surface area contributed by atoms with Crippen LogP contribution in [0.15, 0.2) is 0 Å². The molecule has 0 aliphatic rings. The van der Waals surface area contributed by atoms with E-state index in [-0.39, 0.29) is 0 Å². The van der Waals surface area contributed by atoms with Crippen LogP contribution in [0.2, 0.25) is 0 Å². The minimum Gasteiger partial charge on any atom is -0.321 e. The highest BCUT2D eigenvalue weighted by molar-refractivity contribution is 8.56. The zero-order valence-corrected chi connectivity index (χ0v) is 8.50. The molecule has 1 unspecified atom stereocenters. The minimum absolute atomic E-state index is 0.617. The minimum atomic E-state index is -2.28. The van der Waals surface area contributed by atoms with Crippen LogP contribution in [-0.4, -0.2) is 19.0 Å². The number of rotatable bonds is 5. The van der Waals surface area contributed by atoms with Crippen LogP contribution in [0.25, 0.3) is 0 Å². The Morgan fingerprint density at radius 1 is 1.50 bits per heavy atom. The molecular weight excluding hydrogens is 167 g/mol. The third-order valence-corrected chi connectivity index (χ3v) is 5.82. The van der Waals surface area contributed by atoms with Gasteiger partial charge >= 0.3 is 0 Å². The summed E-state index contributed by atoms with van der Waals surface area (Å²) in [7, 11) is 0. The molecule has 0 heterocycles. The Labute approximate surface area is 66.9 Å². The molecule has 0 amide bonds. The predicted molar refractivity (Wildman–Crippen MR) is 47.9 cm³/mol. The molecule has 0 spiro atoms. The first kappa shape index (κ1) is 10.5. The first-order valence-corrected chi connectivity index (χ1v) is 7.11. The lowest BCUT2D eigenvalue weighted by Gasteiger charge is -2.12. The van der Waals surface area contributed by atoms with Gasteiger partial charge in [0, 0.05) is 6.16 Å². The molecule has 62 valence electrons. The second-order valence-electron chi connectivity index (χ2n) is 1.94. The molecule has 10 heavy (non-hydrogen) atoms. The van der Waals surface area contributed by atoms with Crippen molar-refractivity contribution in [2.24, 2.45) is 0 Å². The lowest BCUT2D eigenvalue weighted by Crippen LogP contribution is -1.90. The Balaban J connectivity index is 3.70. The largest absolute Gasteiger partial charge is 0.321 e. The fraction of sp³-hybridized carbons (Fsp3) is 1.00. The maximum atomic E-state index is 11.5. The standard InChI is InChI=1S/C6H15O2PS/c1-4-6-8-9(7,5-2)10-3/h4-6H2,1-3H3. The van der Waals surface area contributed by atoms with Gasteiger partial charge in [-0.1, -0.05) is 25.2 Å². The van der Waals surface area contributed by atoms with Gasteiger partial charge in [0.25, 0.3) is 6.57 Å². The van der Waals surface area contributed by atoms with E-state index in [1.54, 1.807) is 0 Å². The molecule has 0 N–H and O–H groups in total. The summed E-state index contributed by atoms with van der Waals surface area (Å²) in [6.45, 7) is 2.25. The van der Waals surface area contributed by atoms with E-state index >= 15 is 0 Å². The number of hydrogen-bond acceptors (Lipinski definition) is 3. The molecule has 0 aliphatic heterocycles. The molecule has 0 fully saturated rings. The molecule has 1 atom stereocenters. The molecule has 0 aliphatic carbocycles.